The quantitative estimate of drug-likeness (QED) is 0.538. The Hall–Kier alpha value is -2.32. The lowest BCUT2D eigenvalue weighted by atomic mass is 10.1. The molecule has 0 aliphatic heterocycles. The van der Waals surface area contributed by atoms with Crippen LogP contribution in [0.4, 0.5) is 4.79 Å². The molecular formula is C12H20N2O7. The molecule has 0 aromatic heterocycles. The van der Waals surface area contributed by atoms with Crippen LogP contribution in [0.1, 0.15) is 34.1 Å². The van der Waals surface area contributed by atoms with E-state index >= 15 is 0 Å². The van der Waals surface area contributed by atoms with Gasteiger partial charge in [-0.3, -0.25) is 4.79 Å². The van der Waals surface area contributed by atoms with Crippen molar-refractivity contribution < 1.29 is 34.1 Å². The normalized spacial score (nSPS) is 13.7. The highest BCUT2D eigenvalue weighted by Crippen LogP contribution is 2.08. The minimum absolute atomic E-state index is 0.510. The molecule has 4 N–H and O–H groups in total. The Bertz CT molecular complexity index is 428. The maximum atomic E-state index is 11.5. The van der Waals surface area contributed by atoms with E-state index in [0.717, 1.165) is 6.92 Å². The van der Waals surface area contributed by atoms with E-state index in [2.05, 4.69) is 10.6 Å². The lowest BCUT2D eigenvalue weighted by Gasteiger charge is -2.23. The van der Waals surface area contributed by atoms with Crippen molar-refractivity contribution in [2.75, 3.05) is 0 Å². The first kappa shape index (κ1) is 18.7. The summed E-state index contributed by atoms with van der Waals surface area (Å²) in [6, 6.07) is -2.94. The molecule has 0 aliphatic carbocycles. The third kappa shape index (κ3) is 8.45. The lowest BCUT2D eigenvalue weighted by molar-refractivity contribution is -0.144. The summed E-state index contributed by atoms with van der Waals surface area (Å²) in [5, 5.41) is 22.1. The van der Waals surface area contributed by atoms with Crippen LogP contribution in [0.3, 0.4) is 0 Å². The van der Waals surface area contributed by atoms with E-state index < -0.39 is 48.0 Å². The van der Waals surface area contributed by atoms with Crippen LogP contribution in [-0.4, -0.2) is 51.8 Å². The maximum Gasteiger partial charge on any atom is 0.408 e. The van der Waals surface area contributed by atoms with E-state index in [9.17, 15) is 19.2 Å². The van der Waals surface area contributed by atoms with E-state index in [0.29, 0.717) is 0 Å². The van der Waals surface area contributed by atoms with Crippen LogP contribution in [0.2, 0.25) is 0 Å². The Morgan fingerprint density at radius 1 is 1.00 bits per heavy atom. The molecule has 0 fully saturated rings. The first-order valence-corrected chi connectivity index (χ1v) is 6.14. The van der Waals surface area contributed by atoms with Crippen LogP contribution in [0.25, 0.3) is 0 Å². The van der Waals surface area contributed by atoms with Gasteiger partial charge in [0.05, 0.1) is 0 Å². The molecule has 0 unspecified atom stereocenters. The molecule has 0 bridgehead atoms. The van der Waals surface area contributed by atoms with Crippen molar-refractivity contribution in [3.8, 4) is 0 Å². The third-order valence-electron chi connectivity index (χ3n) is 2.14. The Labute approximate surface area is 121 Å². The molecule has 9 nitrogen and oxygen atoms in total. The van der Waals surface area contributed by atoms with Gasteiger partial charge < -0.3 is 25.6 Å². The average Bonchev–Trinajstić information content (AvgIpc) is 2.23. The monoisotopic (exact) mass is 304 g/mol. The lowest BCUT2D eigenvalue weighted by Crippen LogP contribution is -2.50. The second-order valence-electron chi connectivity index (χ2n) is 5.36. The van der Waals surface area contributed by atoms with E-state index in [1.807, 2.05) is 0 Å². The molecule has 0 aliphatic rings. The Kier molecular flexibility index (Phi) is 6.64. The summed E-state index contributed by atoms with van der Waals surface area (Å²) in [5.41, 5.74) is -0.822. The average molecular weight is 304 g/mol. The molecular weight excluding hydrogens is 284 g/mol. The first-order valence-electron chi connectivity index (χ1n) is 6.14. The number of rotatable bonds is 6. The molecule has 0 heterocycles. The molecule has 0 radical (unpaired) electrons. The van der Waals surface area contributed by atoms with E-state index in [1.54, 1.807) is 20.8 Å². The van der Waals surface area contributed by atoms with Crippen LogP contribution in [-0.2, 0) is 19.1 Å². The summed E-state index contributed by atoms with van der Waals surface area (Å²) in [7, 11) is 0. The van der Waals surface area contributed by atoms with Crippen molar-refractivity contribution in [3.05, 3.63) is 0 Å². The number of hydrogen-bond donors (Lipinski definition) is 4. The molecule has 0 aromatic carbocycles. The Balaban J connectivity index is 4.82. The molecule has 21 heavy (non-hydrogen) atoms. The summed E-state index contributed by atoms with van der Waals surface area (Å²) in [6.45, 7) is 5.89. The van der Waals surface area contributed by atoms with Crippen molar-refractivity contribution >= 4 is 23.9 Å². The van der Waals surface area contributed by atoms with Crippen molar-refractivity contribution in [2.24, 2.45) is 0 Å². The zero-order valence-electron chi connectivity index (χ0n) is 12.3. The van der Waals surface area contributed by atoms with Crippen LogP contribution >= 0.6 is 0 Å². The van der Waals surface area contributed by atoms with Crippen molar-refractivity contribution in [1.82, 2.24) is 10.6 Å². The highest BCUT2D eigenvalue weighted by atomic mass is 16.6. The number of amides is 2. The smallest absolute Gasteiger partial charge is 0.408 e. The van der Waals surface area contributed by atoms with Gasteiger partial charge in [0.15, 0.2) is 0 Å². The van der Waals surface area contributed by atoms with Gasteiger partial charge in [0, 0.05) is 13.3 Å². The molecule has 0 rings (SSSR count). The number of aliphatic carboxylic acids is 2. The Morgan fingerprint density at radius 2 is 1.43 bits per heavy atom. The van der Waals surface area contributed by atoms with Gasteiger partial charge in [0.1, 0.15) is 17.7 Å². The van der Waals surface area contributed by atoms with Gasteiger partial charge in [-0.05, 0) is 20.8 Å². The zero-order chi connectivity index (χ0) is 16.8. The van der Waals surface area contributed by atoms with Crippen LogP contribution in [0.5, 0.6) is 0 Å². The summed E-state index contributed by atoms with van der Waals surface area (Å²) in [5.74, 6) is -3.45. The molecule has 120 valence electrons. The van der Waals surface area contributed by atoms with E-state index in [1.165, 1.54) is 0 Å². The maximum absolute atomic E-state index is 11.5. The van der Waals surface area contributed by atoms with Gasteiger partial charge >= 0.3 is 18.0 Å². The topological polar surface area (TPSA) is 142 Å². The van der Waals surface area contributed by atoms with Crippen LogP contribution in [0, 0.1) is 0 Å². The minimum Gasteiger partial charge on any atom is -0.480 e. The number of ether oxygens (including phenoxy) is 1. The SMILES string of the molecule is CC(=O)N[C@H](C[C@@H](NC(=O)OC(C)(C)C)C(=O)O)C(=O)O. The fourth-order valence-electron chi connectivity index (χ4n) is 1.37. The predicted octanol–water partition coefficient (Wildman–Crippen LogP) is -0.0563. The molecule has 0 saturated heterocycles. The van der Waals surface area contributed by atoms with Gasteiger partial charge in [0.25, 0.3) is 0 Å². The standard InChI is InChI=1S/C12H20N2O7/c1-6(15)13-7(9(16)17)5-8(10(18)19)14-11(20)21-12(2,3)4/h7-8H,5H2,1-4H3,(H,13,15)(H,14,20)(H,16,17)(H,18,19)/t7-,8-/m1/s1. The van der Waals surface area contributed by atoms with Gasteiger partial charge in [-0.2, -0.15) is 0 Å². The third-order valence-corrected chi connectivity index (χ3v) is 2.14. The van der Waals surface area contributed by atoms with Crippen LogP contribution < -0.4 is 10.6 Å². The molecule has 0 aromatic rings. The summed E-state index contributed by atoms with van der Waals surface area (Å²) < 4.78 is 4.89. The number of hydrogen-bond acceptors (Lipinski definition) is 5. The first-order chi connectivity index (χ1) is 9.42. The number of nitrogens with one attached hydrogen (secondary N) is 2. The fraction of sp³-hybridized carbons (Fsp3) is 0.667. The fourth-order valence-corrected chi connectivity index (χ4v) is 1.37. The van der Waals surface area contributed by atoms with Crippen molar-refractivity contribution in [1.29, 1.82) is 0 Å². The summed E-state index contributed by atoms with van der Waals surface area (Å²) in [4.78, 5) is 44.4. The highest BCUT2D eigenvalue weighted by molar-refractivity contribution is 5.84. The van der Waals surface area contributed by atoms with Crippen molar-refractivity contribution in [2.45, 2.75) is 51.8 Å². The van der Waals surface area contributed by atoms with Crippen molar-refractivity contribution in [3.63, 3.8) is 0 Å². The molecule has 2 atom stereocenters. The van der Waals surface area contributed by atoms with E-state index in [-0.39, 0.29) is 0 Å². The number of carboxylic acids is 2. The summed E-state index contributed by atoms with van der Waals surface area (Å²) in [6.07, 6.45) is -1.49. The van der Waals surface area contributed by atoms with Crippen LogP contribution in [0.15, 0.2) is 0 Å². The van der Waals surface area contributed by atoms with Gasteiger partial charge in [-0.25, -0.2) is 14.4 Å². The van der Waals surface area contributed by atoms with E-state index in [4.69, 9.17) is 14.9 Å². The second-order valence-corrected chi connectivity index (χ2v) is 5.36. The molecule has 0 spiro atoms. The molecule has 2 amide bonds. The zero-order valence-corrected chi connectivity index (χ0v) is 12.3. The number of alkyl carbamates (subject to hydrolysis) is 1. The Morgan fingerprint density at radius 3 is 1.76 bits per heavy atom. The number of carbonyl (C=O) groups excluding carboxylic acids is 2. The van der Waals surface area contributed by atoms with Gasteiger partial charge in [0.2, 0.25) is 5.91 Å². The molecule has 0 saturated carbocycles. The van der Waals surface area contributed by atoms with Gasteiger partial charge in [-0.15, -0.1) is 0 Å². The predicted molar refractivity (Wildman–Crippen MR) is 70.7 cm³/mol. The minimum atomic E-state index is -1.51. The largest absolute Gasteiger partial charge is 0.480 e. The molecule has 9 heteroatoms. The number of carbonyl (C=O) groups is 4. The number of carboxylic acid groups (broad SMARTS) is 2. The van der Waals surface area contributed by atoms with Gasteiger partial charge in [-0.1, -0.05) is 0 Å². The highest BCUT2D eigenvalue weighted by Gasteiger charge is 2.30. The second kappa shape index (κ2) is 7.46. The summed E-state index contributed by atoms with van der Waals surface area (Å²) >= 11 is 0.